The van der Waals surface area contributed by atoms with Crippen molar-refractivity contribution >= 4 is 34.0 Å². The fourth-order valence-corrected chi connectivity index (χ4v) is 6.57. The highest BCUT2D eigenvalue weighted by molar-refractivity contribution is 7.85. The molecule has 0 saturated carbocycles. The molecule has 0 amide bonds. The maximum absolute atomic E-state index is 10.4. The molecule has 4 rings (SSSR count). The van der Waals surface area contributed by atoms with Gasteiger partial charge in [0.15, 0.2) is 0 Å². The van der Waals surface area contributed by atoms with E-state index in [1.54, 1.807) is 12.1 Å². The van der Waals surface area contributed by atoms with Crippen LogP contribution in [0.3, 0.4) is 0 Å². The van der Waals surface area contributed by atoms with Crippen molar-refractivity contribution in [2.45, 2.75) is 38.0 Å². The van der Waals surface area contributed by atoms with Crippen LogP contribution in [-0.4, -0.2) is 13.0 Å². The number of hydrogen-bond donors (Lipinski definition) is 0. The molecule has 0 bridgehead atoms. The maximum atomic E-state index is 10.4. The van der Waals surface area contributed by atoms with Crippen LogP contribution in [0, 0.1) is 6.92 Å². The molecule has 176 valence electrons. The minimum Gasteiger partial charge on any atom is -0.744 e. The van der Waals surface area contributed by atoms with Gasteiger partial charge in [0.25, 0.3) is 0 Å². The van der Waals surface area contributed by atoms with Crippen molar-refractivity contribution in [3.05, 3.63) is 120 Å². The van der Waals surface area contributed by atoms with Gasteiger partial charge in [0.05, 0.1) is 12.8 Å². The maximum Gasteiger partial charge on any atom is 0.124 e. The van der Waals surface area contributed by atoms with Gasteiger partial charge < -0.3 is 4.55 Å². The molecule has 0 aliphatic heterocycles. The van der Waals surface area contributed by atoms with Gasteiger partial charge in [-0.15, -0.1) is 0 Å². The Kier molecular flexibility index (Phi) is 8.43. The van der Waals surface area contributed by atoms with Crippen molar-refractivity contribution < 1.29 is 13.0 Å². The van der Waals surface area contributed by atoms with Crippen LogP contribution in [0.4, 0.5) is 0 Å². The third-order valence-corrected chi connectivity index (χ3v) is 9.06. The van der Waals surface area contributed by atoms with E-state index in [0.717, 1.165) is 5.56 Å². The largest absolute Gasteiger partial charge is 0.744 e. The van der Waals surface area contributed by atoms with E-state index >= 15 is 0 Å². The molecule has 0 heterocycles. The van der Waals surface area contributed by atoms with E-state index in [-0.39, 0.29) is 10.3 Å². The van der Waals surface area contributed by atoms with Crippen LogP contribution in [0.1, 0.15) is 31.9 Å². The lowest BCUT2D eigenvalue weighted by Gasteiger charge is -2.19. The summed E-state index contributed by atoms with van der Waals surface area (Å²) < 4.78 is 31.2. The zero-order chi connectivity index (χ0) is 24.8. The first kappa shape index (κ1) is 25.8. The molecule has 0 fully saturated rings. The molecular formula is C29H31O3PS. The Labute approximate surface area is 205 Å². The lowest BCUT2D eigenvalue weighted by molar-refractivity contribution is 0.463. The summed E-state index contributed by atoms with van der Waals surface area (Å²) in [7, 11) is -5.21. The van der Waals surface area contributed by atoms with E-state index < -0.39 is 18.0 Å². The van der Waals surface area contributed by atoms with Crippen molar-refractivity contribution in [1.82, 2.24) is 0 Å². The quantitative estimate of drug-likeness (QED) is 0.285. The number of aryl methyl sites for hydroxylation is 1. The first-order valence-corrected chi connectivity index (χ1v) is 14.1. The summed E-state index contributed by atoms with van der Waals surface area (Å²) in [6.45, 7) is 8.62. The van der Waals surface area contributed by atoms with Crippen LogP contribution in [0.15, 0.2) is 114 Å². The van der Waals surface area contributed by atoms with Crippen LogP contribution < -0.4 is 15.9 Å². The van der Waals surface area contributed by atoms with Gasteiger partial charge in [-0.2, -0.15) is 0 Å². The summed E-state index contributed by atoms with van der Waals surface area (Å²) in [6, 6.07) is 36.9. The van der Waals surface area contributed by atoms with Gasteiger partial charge in [0.1, 0.15) is 26.0 Å². The Hall–Kier alpha value is -2.78. The number of hydrogen-bond acceptors (Lipinski definition) is 3. The predicted molar refractivity (Wildman–Crippen MR) is 144 cm³/mol. The predicted octanol–water partition coefficient (Wildman–Crippen LogP) is 5.37. The Balaban J connectivity index is 0.000000248. The SMILES string of the molecule is CC(C)(C)c1ccc([PH+](c2ccccc2)c2ccccc2)cc1.Cc1ccc(S(=O)(=O)[O-])cc1. The second kappa shape index (κ2) is 11.1. The van der Waals surface area contributed by atoms with Crippen molar-refractivity contribution in [1.29, 1.82) is 0 Å². The van der Waals surface area contributed by atoms with Gasteiger partial charge >= 0.3 is 0 Å². The number of rotatable bonds is 4. The third-order valence-electron chi connectivity index (χ3n) is 5.47. The topological polar surface area (TPSA) is 57.2 Å². The van der Waals surface area contributed by atoms with Crippen molar-refractivity contribution in [2.75, 3.05) is 0 Å². The summed E-state index contributed by atoms with van der Waals surface area (Å²) >= 11 is 0. The normalized spacial score (nSPS) is 11.6. The van der Waals surface area contributed by atoms with Crippen LogP contribution in [0.25, 0.3) is 0 Å². The minimum atomic E-state index is -4.27. The Morgan fingerprint density at radius 3 is 1.41 bits per heavy atom. The van der Waals surface area contributed by atoms with E-state index in [1.165, 1.54) is 33.6 Å². The molecule has 0 saturated heterocycles. The van der Waals surface area contributed by atoms with Crippen molar-refractivity contribution in [3.8, 4) is 0 Å². The van der Waals surface area contributed by atoms with Crippen LogP contribution in [-0.2, 0) is 15.5 Å². The molecule has 0 spiro atoms. The van der Waals surface area contributed by atoms with Gasteiger partial charge in [-0.3, -0.25) is 0 Å². The summed E-state index contributed by atoms with van der Waals surface area (Å²) in [5.74, 6) is 0. The molecule has 0 aromatic heterocycles. The van der Waals surface area contributed by atoms with Crippen LogP contribution in [0.5, 0.6) is 0 Å². The van der Waals surface area contributed by atoms with Gasteiger partial charge in [0.2, 0.25) is 0 Å². The first-order valence-electron chi connectivity index (χ1n) is 11.2. The molecule has 0 unspecified atom stereocenters. The first-order chi connectivity index (χ1) is 16.1. The molecule has 5 heteroatoms. The molecule has 3 nitrogen and oxygen atoms in total. The molecule has 34 heavy (non-hydrogen) atoms. The number of benzene rings is 4. The molecule has 0 aliphatic carbocycles. The molecule has 0 atom stereocenters. The van der Waals surface area contributed by atoms with E-state index in [1.807, 2.05) is 6.92 Å². The minimum absolute atomic E-state index is 0.178. The monoisotopic (exact) mass is 490 g/mol. The Morgan fingerprint density at radius 1 is 0.618 bits per heavy atom. The highest BCUT2D eigenvalue weighted by Crippen LogP contribution is 2.33. The van der Waals surface area contributed by atoms with Crippen molar-refractivity contribution in [3.63, 3.8) is 0 Å². The van der Waals surface area contributed by atoms with E-state index in [0.29, 0.717) is 0 Å². The molecule has 0 radical (unpaired) electrons. The molecular weight excluding hydrogens is 459 g/mol. The van der Waals surface area contributed by atoms with Gasteiger partial charge in [0, 0.05) is 0 Å². The standard InChI is InChI=1S/C22H23P.C7H8O3S/c1-22(2,3)18-14-16-21(17-15-18)23(19-10-6-4-7-11-19)20-12-8-5-9-13-20;1-6-2-4-7(5-3-6)11(8,9)10/h4-17H,1-3H3;2-5H,1H3,(H,8,9,10). The fourth-order valence-electron chi connectivity index (χ4n) is 3.55. The highest BCUT2D eigenvalue weighted by Gasteiger charge is 2.25. The molecule has 0 aliphatic rings. The third kappa shape index (κ3) is 7.11. The van der Waals surface area contributed by atoms with Gasteiger partial charge in [-0.05, 0) is 66.4 Å². The van der Waals surface area contributed by atoms with Crippen molar-refractivity contribution in [2.24, 2.45) is 0 Å². The Morgan fingerprint density at radius 2 is 1.03 bits per heavy atom. The summed E-state index contributed by atoms with van der Waals surface area (Å²) in [5, 5.41) is 4.32. The zero-order valence-electron chi connectivity index (χ0n) is 20.0. The average Bonchev–Trinajstić information content (AvgIpc) is 2.81. The lowest BCUT2D eigenvalue weighted by atomic mass is 9.87. The van der Waals surface area contributed by atoms with E-state index in [2.05, 4.69) is 106 Å². The van der Waals surface area contributed by atoms with E-state index in [4.69, 9.17) is 0 Å². The summed E-state index contributed by atoms with van der Waals surface area (Å²) in [6.07, 6.45) is 0. The molecule has 4 aromatic rings. The van der Waals surface area contributed by atoms with Crippen LogP contribution >= 0.6 is 7.92 Å². The second-order valence-corrected chi connectivity index (χ2v) is 13.1. The fraction of sp³-hybridized carbons (Fsp3) is 0.172. The van der Waals surface area contributed by atoms with Gasteiger partial charge in [-0.1, -0.05) is 87.0 Å². The zero-order valence-corrected chi connectivity index (χ0v) is 21.8. The van der Waals surface area contributed by atoms with Gasteiger partial charge in [-0.25, -0.2) is 8.42 Å². The highest BCUT2D eigenvalue weighted by atomic mass is 32.2. The average molecular weight is 491 g/mol. The van der Waals surface area contributed by atoms with Crippen LogP contribution in [0.2, 0.25) is 0 Å². The second-order valence-electron chi connectivity index (χ2n) is 9.20. The summed E-state index contributed by atoms with van der Waals surface area (Å²) in [5.41, 5.74) is 2.52. The molecule has 0 N–H and O–H groups in total. The van der Waals surface area contributed by atoms with E-state index in [9.17, 15) is 13.0 Å². The lowest BCUT2D eigenvalue weighted by Crippen LogP contribution is -2.21. The molecule has 4 aromatic carbocycles. The summed E-state index contributed by atoms with van der Waals surface area (Å²) in [4.78, 5) is -0.178. The Bertz CT molecular complexity index is 1240. The smallest absolute Gasteiger partial charge is 0.124 e.